The lowest BCUT2D eigenvalue weighted by atomic mass is 10.0. The summed E-state index contributed by atoms with van der Waals surface area (Å²) in [7, 11) is 0. The van der Waals surface area contributed by atoms with Crippen LogP contribution in [0.3, 0.4) is 0 Å². The van der Waals surface area contributed by atoms with Crippen molar-refractivity contribution in [2.75, 3.05) is 32.8 Å². The second kappa shape index (κ2) is 8.14. The van der Waals surface area contributed by atoms with E-state index in [-0.39, 0.29) is 11.9 Å². The minimum Gasteiger partial charge on any atom is -0.467 e. The molecule has 0 saturated carbocycles. The van der Waals surface area contributed by atoms with Crippen molar-refractivity contribution in [1.82, 2.24) is 9.80 Å². The van der Waals surface area contributed by atoms with E-state index in [1.54, 1.807) is 18.4 Å². The molecule has 0 spiro atoms. The van der Waals surface area contributed by atoms with Gasteiger partial charge in [-0.1, -0.05) is 0 Å². The summed E-state index contributed by atoms with van der Waals surface area (Å²) < 4.78 is 10.9. The van der Waals surface area contributed by atoms with Gasteiger partial charge in [0.25, 0.3) is 0 Å². The van der Waals surface area contributed by atoms with Gasteiger partial charge in [0.2, 0.25) is 5.91 Å². The van der Waals surface area contributed by atoms with Gasteiger partial charge >= 0.3 is 0 Å². The van der Waals surface area contributed by atoms with Gasteiger partial charge in [0, 0.05) is 38.1 Å². The Kier molecular flexibility index (Phi) is 5.92. The summed E-state index contributed by atoms with van der Waals surface area (Å²) >= 11 is 0. The first-order valence-corrected chi connectivity index (χ1v) is 8.98. The number of rotatable bonds is 6. The Hall–Kier alpha value is -1.37. The smallest absolute Gasteiger partial charge is 0.224 e. The second-order valence-electron chi connectivity index (χ2n) is 6.86. The molecule has 2 fully saturated rings. The molecule has 0 radical (unpaired) electrons. The molecule has 24 heavy (non-hydrogen) atoms. The number of nitrogens with zero attached hydrogens (tertiary/aromatic N) is 2. The van der Waals surface area contributed by atoms with Crippen LogP contribution in [-0.2, 0) is 9.53 Å². The van der Waals surface area contributed by atoms with Crippen molar-refractivity contribution in [2.45, 2.75) is 50.8 Å². The normalized spacial score (nSPS) is 26.7. The Bertz CT molecular complexity index is 519. The van der Waals surface area contributed by atoms with Gasteiger partial charge in [-0.25, -0.2) is 0 Å². The Labute approximate surface area is 143 Å². The van der Waals surface area contributed by atoms with E-state index in [1.165, 1.54) is 0 Å². The maximum Gasteiger partial charge on any atom is 0.224 e. The number of furan rings is 1. The summed E-state index contributed by atoms with van der Waals surface area (Å²) in [4.78, 5) is 16.7. The molecular weight excluding hydrogens is 308 g/mol. The quantitative estimate of drug-likeness (QED) is 0.858. The van der Waals surface area contributed by atoms with Crippen LogP contribution in [0.25, 0.3) is 0 Å². The topological polar surface area (TPSA) is 66.2 Å². The van der Waals surface area contributed by atoms with Gasteiger partial charge in [-0.2, -0.15) is 0 Å². The molecule has 3 atom stereocenters. The van der Waals surface area contributed by atoms with Gasteiger partial charge in [-0.05, 0) is 38.3 Å². The summed E-state index contributed by atoms with van der Waals surface area (Å²) in [6.45, 7) is 5.82. The van der Waals surface area contributed by atoms with Crippen LogP contribution in [0.2, 0.25) is 0 Å². The first-order valence-electron chi connectivity index (χ1n) is 8.98. The van der Waals surface area contributed by atoms with Crippen molar-refractivity contribution < 1.29 is 19.1 Å². The van der Waals surface area contributed by atoms with E-state index in [1.807, 2.05) is 4.90 Å². The third kappa shape index (κ3) is 4.18. The van der Waals surface area contributed by atoms with Gasteiger partial charge in [-0.15, -0.1) is 0 Å². The molecule has 134 valence electrons. The Balaban J connectivity index is 1.51. The maximum atomic E-state index is 12.4. The minimum absolute atomic E-state index is 0.114. The molecule has 0 bridgehead atoms. The maximum absolute atomic E-state index is 12.4. The summed E-state index contributed by atoms with van der Waals surface area (Å²) in [6.07, 6.45) is 4.26. The van der Waals surface area contributed by atoms with Crippen LogP contribution in [0.15, 0.2) is 22.8 Å². The van der Waals surface area contributed by atoms with E-state index in [4.69, 9.17) is 9.15 Å². The Morgan fingerprint density at radius 1 is 1.46 bits per heavy atom. The van der Waals surface area contributed by atoms with Crippen LogP contribution >= 0.6 is 0 Å². The summed E-state index contributed by atoms with van der Waals surface area (Å²) in [5.74, 6) is 0.833. The summed E-state index contributed by atoms with van der Waals surface area (Å²) in [5, 5.41) is 10.3. The van der Waals surface area contributed by atoms with Crippen LogP contribution < -0.4 is 0 Å². The second-order valence-corrected chi connectivity index (χ2v) is 6.86. The molecule has 2 saturated heterocycles. The number of hydrogen-bond acceptors (Lipinski definition) is 5. The highest BCUT2D eigenvalue weighted by molar-refractivity contribution is 5.77. The monoisotopic (exact) mass is 336 g/mol. The van der Waals surface area contributed by atoms with Crippen molar-refractivity contribution in [3.63, 3.8) is 0 Å². The summed E-state index contributed by atoms with van der Waals surface area (Å²) in [6, 6.07) is 4.06. The Morgan fingerprint density at radius 2 is 2.33 bits per heavy atom. The molecule has 3 heterocycles. The van der Waals surface area contributed by atoms with Gasteiger partial charge in [0.15, 0.2) is 0 Å². The van der Waals surface area contributed by atoms with Gasteiger partial charge in [0.1, 0.15) is 11.9 Å². The number of hydrogen-bond donors (Lipinski definition) is 1. The number of morpholine rings is 1. The zero-order valence-corrected chi connectivity index (χ0v) is 14.4. The van der Waals surface area contributed by atoms with Crippen LogP contribution in [0.4, 0.5) is 0 Å². The van der Waals surface area contributed by atoms with E-state index in [0.29, 0.717) is 37.9 Å². The van der Waals surface area contributed by atoms with E-state index < -0.39 is 6.10 Å². The molecule has 1 aromatic heterocycles. The lowest BCUT2D eigenvalue weighted by Gasteiger charge is -2.36. The highest BCUT2D eigenvalue weighted by atomic mass is 16.5. The molecule has 1 N–H and O–H groups in total. The minimum atomic E-state index is -0.636. The van der Waals surface area contributed by atoms with Crippen LogP contribution in [0.5, 0.6) is 0 Å². The average molecular weight is 336 g/mol. The van der Waals surface area contributed by atoms with Crippen molar-refractivity contribution in [1.29, 1.82) is 0 Å². The number of likely N-dealkylation sites (tertiary alicyclic amines) is 1. The zero-order valence-electron chi connectivity index (χ0n) is 14.4. The van der Waals surface area contributed by atoms with Crippen LogP contribution in [-0.4, -0.2) is 65.7 Å². The first kappa shape index (κ1) is 17.5. The number of aliphatic hydroxyl groups excluding tert-OH is 1. The van der Waals surface area contributed by atoms with Crippen LogP contribution in [0.1, 0.15) is 44.5 Å². The molecule has 1 aromatic rings. The molecule has 3 rings (SSSR count). The summed E-state index contributed by atoms with van der Waals surface area (Å²) in [5.41, 5.74) is 0. The molecule has 2 aliphatic rings. The lowest BCUT2D eigenvalue weighted by Crippen LogP contribution is -2.47. The fourth-order valence-electron chi connectivity index (χ4n) is 3.74. The molecule has 3 unspecified atom stereocenters. The van der Waals surface area contributed by atoms with Crippen LogP contribution in [0, 0.1) is 0 Å². The van der Waals surface area contributed by atoms with Crippen molar-refractivity contribution >= 4 is 5.91 Å². The van der Waals surface area contributed by atoms with Gasteiger partial charge < -0.3 is 19.2 Å². The largest absolute Gasteiger partial charge is 0.467 e. The Morgan fingerprint density at radius 3 is 3.04 bits per heavy atom. The standard InChI is InChI=1S/C18H28N2O4/c1-14-4-2-7-20(14)18(22)6-8-19-9-11-23-13-15(19)12-16(21)17-5-3-10-24-17/h3,5,10,14-16,21H,2,4,6-9,11-13H2,1H3. The highest BCUT2D eigenvalue weighted by Crippen LogP contribution is 2.23. The van der Waals surface area contributed by atoms with Crippen molar-refractivity contribution in [3.8, 4) is 0 Å². The van der Waals surface area contributed by atoms with E-state index in [9.17, 15) is 9.90 Å². The fraction of sp³-hybridized carbons (Fsp3) is 0.722. The molecule has 1 amide bonds. The highest BCUT2D eigenvalue weighted by Gasteiger charge is 2.29. The molecule has 6 heteroatoms. The number of ether oxygens (including phenoxy) is 1. The molecule has 0 aliphatic carbocycles. The number of carbonyl (C=O) groups is 1. The zero-order chi connectivity index (χ0) is 16.9. The lowest BCUT2D eigenvalue weighted by molar-refractivity contribution is -0.132. The SMILES string of the molecule is CC1CCCN1C(=O)CCN1CCOCC1CC(O)c1ccco1. The number of aliphatic hydroxyl groups is 1. The third-order valence-corrected chi connectivity index (χ3v) is 5.20. The predicted octanol–water partition coefficient (Wildman–Crippen LogP) is 1.80. The van der Waals surface area contributed by atoms with Crippen molar-refractivity contribution in [2.24, 2.45) is 0 Å². The number of amides is 1. The van der Waals surface area contributed by atoms with Crippen molar-refractivity contribution in [3.05, 3.63) is 24.2 Å². The first-order chi connectivity index (χ1) is 11.6. The molecule has 0 aromatic carbocycles. The molecular formula is C18H28N2O4. The average Bonchev–Trinajstić information content (AvgIpc) is 3.25. The van der Waals surface area contributed by atoms with E-state index in [0.717, 1.165) is 32.5 Å². The number of carbonyl (C=O) groups excluding carboxylic acids is 1. The van der Waals surface area contributed by atoms with Gasteiger partial charge in [-0.3, -0.25) is 9.69 Å². The molecule has 6 nitrogen and oxygen atoms in total. The fourth-order valence-corrected chi connectivity index (χ4v) is 3.74. The third-order valence-electron chi connectivity index (χ3n) is 5.20. The van der Waals surface area contributed by atoms with E-state index in [2.05, 4.69) is 11.8 Å². The van der Waals surface area contributed by atoms with Gasteiger partial charge in [0.05, 0.1) is 19.5 Å². The molecule has 2 aliphatic heterocycles. The van der Waals surface area contributed by atoms with E-state index >= 15 is 0 Å². The predicted molar refractivity (Wildman–Crippen MR) is 89.5 cm³/mol.